The maximum Gasteiger partial charge on any atom is 0.106 e. The molecule has 0 amide bonds. The van der Waals surface area contributed by atoms with E-state index in [0.717, 1.165) is 16.7 Å². The van der Waals surface area contributed by atoms with Gasteiger partial charge in [-0.3, -0.25) is 0 Å². The molecule has 11 heavy (non-hydrogen) atoms. The second kappa shape index (κ2) is 3.64. The van der Waals surface area contributed by atoms with Crippen LogP contribution in [0.3, 0.4) is 0 Å². The summed E-state index contributed by atoms with van der Waals surface area (Å²) in [5, 5.41) is 3.08. The fourth-order valence-electron chi connectivity index (χ4n) is 0.964. The van der Waals surface area contributed by atoms with Crippen molar-refractivity contribution in [2.24, 2.45) is 0 Å². The fourth-order valence-corrected chi connectivity index (χ4v) is 1.08. The Bertz CT molecular complexity index is 290. The minimum Gasteiger partial charge on any atom is -0.352 e. The summed E-state index contributed by atoms with van der Waals surface area (Å²) in [4.78, 5) is 3.03. The van der Waals surface area contributed by atoms with Gasteiger partial charge >= 0.3 is 0 Å². The number of hydrogen-bond acceptors (Lipinski definition) is 2. The van der Waals surface area contributed by atoms with Crippen molar-refractivity contribution in [2.75, 3.05) is 7.05 Å². The molecular weight excluding hydrogens is 156 g/mol. The van der Waals surface area contributed by atoms with Crippen LogP contribution in [-0.2, 0) is 6.54 Å². The molecule has 0 spiro atoms. The van der Waals surface area contributed by atoms with E-state index in [1.807, 2.05) is 20.2 Å². The molecule has 0 bridgehead atoms. The summed E-state index contributed by atoms with van der Waals surface area (Å²) in [6, 6.07) is 2.09. The van der Waals surface area contributed by atoms with Crippen molar-refractivity contribution in [3.05, 3.63) is 28.0 Å². The molecule has 0 radical (unpaired) electrons. The van der Waals surface area contributed by atoms with Crippen LogP contribution in [0.25, 0.3) is 0 Å². The smallest absolute Gasteiger partial charge is 0.106 e. The standard InChI is InChI=1S/C8H12N2S/c1-6-3-7(4-9-2)5-10-8(6)11/h3,5,9H,4H2,1-2H3,(H,10,11). The first-order valence-electron chi connectivity index (χ1n) is 3.57. The van der Waals surface area contributed by atoms with E-state index in [4.69, 9.17) is 12.2 Å². The number of aromatic amines is 1. The summed E-state index contributed by atoms with van der Waals surface area (Å²) < 4.78 is 0.824. The van der Waals surface area contributed by atoms with Crippen LogP contribution in [-0.4, -0.2) is 12.0 Å². The molecule has 0 aliphatic carbocycles. The van der Waals surface area contributed by atoms with E-state index in [9.17, 15) is 0 Å². The molecule has 1 rings (SSSR count). The minimum atomic E-state index is 0.824. The SMILES string of the molecule is CNCc1c[nH]c(=S)c(C)c1. The highest BCUT2D eigenvalue weighted by atomic mass is 32.1. The average molecular weight is 168 g/mol. The Labute approximate surface area is 71.7 Å². The molecular formula is C8H12N2S. The molecule has 0 unspecified atom stereocenters. The van der Waals surface area contributed by atoms with Gasteiger partial charge in [0.05, 0.1) is 0 Å². The zero-order valence-corrected chi connectivity index (χ0v) is 7.59. The predicted octanol–water partition coefficient (Wildman–Crippen LogP) is 1.77. The van der Waals surface area contributed by atoms with E-state index < -0.39 is 0 Å². The molecule has 1 aromatic heterocycles. The molecule has 60 valence electrons. The highest BCUT2D eigenvalue weighted by Gasteiger charge is 1.91. The van der Waals surface area contributed by atoms with Crippen molar-refractivity contribution in [1.29, 1.82) is 0 Å². The van der Waals surface area contributed by atoms with Crippen LogP contribution in [0.15, 0.2) is 12.3 Å². The van der Waals surface area contributed by atoms with Crippen molar-refractivity contribution in [2.45, 2.75) is 13.5 Å². The van der Waals surface area contributed by atoms with Gasteiger partial charge in [0.2, 0.25) is 0 Å². The lowest BCUT2D eigenvalue weighted by molar-refractivity contribution is 0.811. The van der Waals surface area contributed by atoms with Gasteiger partial charge in [0, 0.05) is 12.7 Å². The van der Waals surface area contributed by atoms with Gasteiger partial charge < -0.3 is 10.3 Å². The lowest BCUT2D eigenvalue weighted by Crippen LogP contribution is -2.05. The maximum atomic E-state index is 5.02. The van der Waals surface area contributed by atoms with E-state index in [2.05, 4.69) is 16.4 Å². The first kappa shape index (κ1) is 8.43. The van der Waals surface area contributed by atoms with Crippen LogP contribution in [0.4, 0.5) is 0 Å². The number of pyridine rings is 1. The van der Waals surface area contributed by atoms with Crippen molar-refractivity contribution in [3.63, 3.8) is 0 Å². The molecule has 1 heterocycles. The Kier molecular flexibility index (Phi) is 2.79. The minimum absolute atomic E-state index is 0.824. The van der Waals surface area contributed by atoms with E-state index in [0.29, 0.717) is 0 Å². The molecule has 0 saturated heterocycles. The second-order valence-corrected chi connectivity index (χ2v) is 2.96. The normalized spacial score (nSPS) is 10.0. The van der Waals surface area contributed by atoms with E-state index in [1.165, 1.54) is 5.56 Å². The van der Waals surface area contributed by atoms with Gasteiger partial charge in [-0.1, -0.05) is 18.3 Å². The first-order valence-corrected chi connectivity index (χ1v) is 3.97. The van der Waals surface area contributed by atoms with Crippen molar-refractivity contribution in [1.82, 2.24) is 10.3 Å². The summed E-state index contributed by atoms with van der Waals surface area (Å²) >= 11 is 5.02. The van der Waals surface area contributed by atoms with Crippen molar-refractivity contribution < 1.29 is 0 Å². The quantitative estimate of drug-likeness (QED) is 0.659. The van der Waals surface area contributed by atoms with E-state index in [1.54, 1.807) is 0 Å². The molecule has 0 fully saturated rings. The highest BCUT2D eigenvalue weighted by Crippen LogP contribution is 2.02. The van der Waals surface area contributed by atoms with Crippen LogP contribution in [0.2, 0.25) is 0 Å². The Balaban J connectivity index is 2.96. The molecule has 0 atom stereocenters. The summed E-state index contributed by atoms with van der Waals surface area (Å²) in [6.45, 7) is 2.89. The number of rotatable bonds is 2. The molecule has 0 aliphatic rings. The predicted molar refractivity (Wildman–Crippen MR) is 49.1 cm³/mol. The summed E-state index contributed by atoms with van der Waals surface area (Å²) in [5.74, 6) is 0. The molecule has 3 heteroatoms. The van der Waals surface area contributed by atoms with Crippen LogP contribution in [0, 0.1) is 11.6 Å². The number of aromatic nitrogens is 1. The number of hydrogen-bond donors (Lipinski definition) is 2. The molecule has 0 aromatic carbocycles. The van der Waals surface area contributed by atoms with Gasteiger partial charge in [-0.25, -0.2) is 0 Å². The third kappa shape index (κ3) is 2.13. The largest absolute Gasteiger partial charge is 0.352 e. The summed E-state index contributed by atoms with van der Waals surface area (Å²) in [5.41, 5.74) is 2.37. The number of aryl methyl sites for hydroxylation is 1. The van der Waals surface area contributed by atoms with Gasteiger partial charge in [0.25, 0.3) is 0 Å². The van der Waals surface area contributed by atoms with Crippen molar-refractivity contribution in [3.8, 4) is 0 Å². The third-order valence-corrected chi connectivity index (χ3v) is 1.97. The Hall–Kier alpha value is -0.670. The molecule has 1 aromatic rings. The lowest BCUT2D eigenvalue weighted by atomic mass is 10.2. The first-order chi connectivity index (χ1) is 5.24. The summed E-state index contributed by atoms with van der Waals surface area (Å²) in [6.07, 6.45) is 1.94. The monoisotopic (exact) mass is 168 g/mol. The average Bonchev–Trinajstić information content (AvgIpc) is 1.98. The Morgan fingerprint density at radius 3 is 2.91 bits per heavy atom. The number of nitrogens with one attached hydrogen (secondary N) is 2. The summed E-state index contributed by atoms with van der Waals surface area (Å²) in [7, 11) is 1.93. The van der Waals surface area contributed by atoms with E-state index in [-0.39, 0.29) is 0 Å². The Morgan fingerprint density at radius 1 is 1.64 bits per heavy atom. The number of H-pyrrole nitrogens is 1. The van der Waals surface area contributed by atoms with Gasteiger partial charge in [-0.05, 0) is 25.1 Å². The third-order valence-electron chi connectivity index (χ3n) is 1.53. The molecule has 0 aliphatic heterocycles. The van der Waals surface area contributed by atoms with Gasteiger partial charge in [-0.15, -0.1) is 0 Å². The zero-order chi connectivity index (χ0) is 8.27. The van der Waals surface area contributed by atoms with E-state index >= 15 is 0 Å². The Morgan fingerprint density at radius 2 is 2.36 bits per heavy atom. The highest BCUT2D eigenvalue weighted by molar-refractivity contribution is 7.71. The molecule has 2 nitrogen and oxygen atoms in total. The van der Waals surface area contributed by atoms with Gasteiger partial charge in [-0.2, -0.15) is 0 Å². The fraction of sp³-hybridized carbons (Fsp3) is 0.375. The van der Waals surface area contributed by atoms with Gasteiger partial charge in [0.1, 0.15) is 4.64 Å². The zero-order valence-electron chi connectivity index (χ0n) is 6.77. The topological polar surface area (TPSA) is 27.8 Å². The van der Waals surface area contributed by atoms with Crippen LogP contribution < -0.4 is 5.32 Å². The van der Waals surface area contributed by atoms with Crippen LogP contribution in [0.1, 0.15) is 11.1 Å². The molecule has 2 N–H and O–H groups in total. The van der Waals surface area contributed by atoms with Crippen LogP contribution in [0.5, 0.6) is 0 Å². The van der Waals surface area contributed by atoms with Crippen LogP contribution >= 0.6 is 12.2 Å². The molecule has 0 saturated carbocycles. The maximum absolute atomic E-state index is 5.02. The lowest BCUT2D eigenvalue weighted by Gasteiger charge is -2.00. The van der Waals surface area contributed by atoms with Crippen molar-refractivity contribution >= 4 is 12.2 Å². The van der Waals surface area contributed by atoms with Gasteiger partial charge in [0.15, 0.2) is 0 Å². The second-order valence-electron chi connectivity index (χ2n) is 2.55.